The number of hydrogen-bond donors (Lipinski definition) is 2. The summed E-state index contributed by atoms with van der Waals surface area (Å²) in [5, 5.41) is 20.6. The molecule has 0 fully saturated rings. The SMILES string of the molecule is Oc1cccc2c(Br)ccnc12.Oc1cccc2cccnc12. The highest BCUT2D eigenvalue weighted by atomic mass is 79.9. The second-order valence-electron chi connectivity index (χ2n) is 4.82. The Balaban J connectivity index is 0.000000136. The highest BCUT2D eigenvalue weighted by Crippen LogP contribution is 2.27. The molecule has 0 saturated heterocycles. The van der Waals surface area contributed by atoms with Crippen molar-refractivity contribution in [2.45, 2.75) is 0 Å². The van der Waals surface area contributed by atoms with E-state index in [1.807, 2.05) is 30.3 Å². The van der Waals surface area contributed by atoms with E-state index in [2.05, 4.69) is 25.9 Å². The summed E-state index contributed by atoms with van der Waals surface area (Å²) in [6.45, 7) is 0. The molecule has 0 bridgehead atoms. The highest BCUT2D eigenvalue weighted by molar-refractivity contribution is 9.10. The van der Waals surface area contributed by atoms with Gasteiger partial charge in [-0.15, -0.1) is 0 Å². The summed E-state index contributed by atoms with van der Waals surface area (Å²) in [5.74, 6) is 0.455. The molecule has 114 valence electrons. The maximum absolute atomic E-state index is 9.41. The molecule has 0 unspecified atom stereocenters. The quantitative estimate of drug-likeness (QED) is 0.474. The van der Waals surface area contributed by atoms with Crippen LogP contribution in [-0.2, 0) is 0 Å². The first-order valence-electron chi connectivity index (χ1n) is 6.92. The van der Waals surface area contributed by atoms with Gasteiger partial charge in [0.05, 0.1) is 0 Å². The van der Waals surface area contributed by atoms with Gasteiger partial charge in [-0.1, -0.05) is 46.3 Å². The molecule has 0 atom stereocenters. The number of hydrogen-bond acceptors (Lipinski definition) is 4. The average molecular weight is 369 g/mol. The first-order chi connectivity index (χ1) is 11.2. The smallest absolute Gasteiger partial charge is 0.141 e. The van der Waals surface area contributed by atoms with E-state index in [-0.39, 0.29) is 11.5 Å². The van der Waals surface area contributed by atoms with Crippen LogP contribution < -0.4 is 0 Å². The molecule has 4 aromatic rings. The first kappa shape index (κ1) is 15.2. The lowest BCUT2D eigenvalue weighted by Crippen LogP contribution is -1.79. The lowest BCUT2D eigenvalue weighted by Gasteiger charge is -2.00. The minimum Gasteiger partial charge on any atom is -0.506 e. The Kier molecular flexibility index (Phi) is 4.39. The number of aromatic nitrogens is 2. The van der Waals surface area contributed by atoms with E-state index in [0.29, 0.717) is 11.0 Å². The van der Waals surface area contributed by atoms with Gasteiger partial charge >= 0.3 is 0 Å². The topological polar surface area (TPSA) is 66.2 Å². The van der Waals surface area contributed by atoms with Gasteiger partial charge in [0.1, 0.15) is 22.5 Å². The molecule has 0 spiro atoms. The summed E-state index contributed by atoms with van der Waals surface area (Å²) < 4.78 is 0.948. The van der Waals surface area contributed by atoms with Gasteiger partial charge in [-0.2, -0.15) is 0 Å². The molecule has 4 rings (SSSR count). The van der Waals surface area contributed by atoms with Crippen LogP contribution in [0.3, 0.4) is 0 Å². The molecule has 0 radical (unpaired) electrons. The molecule has 0 saturated carbocycles. The van der Waals surface area contributed by atoms with Gasteiger partial charge in [0, 0.05) is 27.6 Å². The van der Waals surface area contributed by atoms with Crippen LogP contribution in [0.4, 0.5) is 0 Å². The Bertz CT molecular complexity index is 927. The monoisotopic (exact) mass is 368 g/mol. The molecule has 2 aromatic carbocycles. The van der Waals surface area contributed by atoms with Crippen LogP contribution in [0.2, 0.25) is 0 Å². The Morgan fingerprint density at radius 1 is 0.696 bits per heavy atom. The first-order valence-corrected chi connectivity index (χ1v) is 7.71. The van der Waals surface area contributed by atoms with Crippen LogP contribution in [-0.4, -0.2) is 20.2 Å². The third-order valence-corrected chi connectivity index (χ3v) is 4.00. The molecule has 0 aliphatic rings. The van der Waals surface area contributed by atoms with Crippen molar-refractivity contribution in [3.8, 4) is 11.5 Å². The van der Waals surface area contributed by atoms with Gasteiger partial charge in [-0.25, -0.2) is 0 Å². The Hall–Kier alpha value is -2.66. The molecule has 0 amide bonds. The van der Waals surface area contributed by atoms with E-state index in [0.717, 1.165) is 15.2 Å². The number of phenolic OH excluding ortho intramolecular Hbond substituents is 2. The number of aromatic hydroxyl groups is 2. The Labute approximate surface area is 141 Å². The summed E-state index contributed by atoms with van der Waals surface area (Å²) in [6, 6.07) is 16.3. The second kappa shape index (κ2) is 6.62. The highest BCUT2D eigenvalue weighted by Gasteiger charge is 2.01. The van der Waals surface area contributed by atoms with Crippen molar-refractivity contribution in [2.24, 2.45) is 0 Å². The predicted octanol–water partition coefficient (Wildman–Crippen LogP) is 4.64. The zero-order valence-corrected chi connectivity index (χ0v) is 13.6. The molecule has 0 aliphatic heterocycles. The molecular formula is C18H13BrN2O2. The van der Waals surface area contributed by atoms with Gasteiger partial charge in [0.25, 0.3) is 0 Å². The zero-order valence-electron chi connectivity index (χ0n) is 12.0. The zero-order chi connectivity index (χ0) is 16.2. The fourth-order valence-electron chi connectivity index (χ4n) is 2.21. The minimum absolute atomic E-state index is 0.216. The fourth-order valence-corrected chi connectivity index (χ4v) is 2.65. The molecule has 4 nitrogen and oxygen atoms in total. The lowest BCUT2D eigenvalue weighted by molar-refractivity contribution is 0.480. The molecule has 2 heterocycles. The Morgan fingerprint density at radius 2 is 1.35 bits per heavy atom. The third kappa shape index (κ3) is 3.24. The van der Waals surface area contributed by atoms with Crippen LogP contribution in [0.1, 0.15) is 0 Å². The molecule has 0 aliphatic carbocycles. The van der Waals surface area contributed by atoms with Gasteiger partial charge in [0.2, 0.25) is 0 Å². The van der Waals surface area contributed by atoms with Crippen molar-refractivity contribution in [2.75, 3.05) is 0 Å². The van der Waals surface area contributed by atoms with Crippen molar-refractivity contribution in [3.05, 3.63) is 71.5 Å². The van der Waals surface area contributed by atoms with Gasteiger partial charge in [-0.05, 0) is 24.3 Å². The maximum atomic E-state index is 9.41. The standard InChI is InChI=1S/C9H6BrNO.C9H7NO/c10-7-4-5-11-9-6(7)2-1-3-8(9)12;11-8-5-1-3-7-4-2-6-10-9(7)8/h1-5,12H;1-6,11H. The number of para-hydroxylation sites is 2. The summed E-state index contributed by atoms with van der Waals surface area (Å²) in [7, 11) is 0. The number of benzene rings is 2. The summed E-state index contributed by atoms with van der Waals surface area (Å²) >= 11 is 3.38. The van der Waals surface area contributed by atoms with Crippen LogP contribution >= 0.6 is 15.9 Å². The summed E-state index contributed by atoms with van der Waals surface area (Å²) in [5.41, 5.74) is 1.29. The van der Waals surface area contributed by atoms with Crippen LogP contribution in [0.15, 0.2) is 71.5 Å². The van der Waals surface area contributed by atoms with Gasteiger partial charge < -0.3 is 10.2 Å². The maximum Gasteiger partial charge on any atom is 0.141 e. The molecule has 23 heavy (non-hydrogen) atoms. The van der Waals surface area contributed by atoms with Crippen LogP contribution in [0, 0.1) is 0 Å². The Morgan fingerprint density at radius 3 is 2.09 bits per heavy atom. The minimum atomic E-state index is 0.216. The fraction of sp³-hybridized carbons (Fsp3) is 0. The van der Waals surface area contributed by atoms with Crippen molar-refractivity contribution < 1.29 is 10.2 Å². The molecule has 2 aromatic heterocycles. The second-order valence-corrected chi connectivity index (χ2v) is 5.67. The lowest BCUT2D eigenvalue weighted by atomic mass is 10.2. The van der Waals surface area contributed by atoms with E-state index < -0.39 is 0 Å². The largest absolute Gasteiger partial charge is 0.506 e. The van der Waals surface area contributed by atoms with E-state index in [1.165, 1.54) is 0 Å². The average Bonchev–Trinajstić information content (AvgIpc) is 2.57. The predicted molar refractivity (Wildman–Crippen MR) is 94.5 cm³/mol. The van der Waals surface area contributed by atoms with Crippen molar-refractivity contribution in [1.29, 1.82) is 0 Å². The van der Waals surface area contributed by atoms with E-state index in [1.54, 1.807) is 36.7 Å². The van der Waals surface area contributed by atoms with Crippen molar-refractivity contribution in [1.82, 2.24) is 9.97 Å². The number of fused-ring (bicyclic) bond motifs is 2. The number of nitrogens with zero attached hydrogens (tertiary/aromatic N) is 2. The number of phenols is 2. The van der Waals surface area contributed by atoms with E-state index >= 15 is 0 Å². The van der Waals surface area contributed by atoms with Crippen molar-refractivity contribution in [3.63, 3.8) is 0 Å². The van der Waals surface area contributed by atoms with Crippen LogP contribution in [0.5, 0.6) is 11.5 Å². The molecule has 5 heteroatoms. The normalized spacial score (nSPS) is 10.3. The van der Waals surface area contributed by atoms with Gasteiger partial charge in [-0.3, -0.25) is 9.97 Å². The molecular weight excluding hydrogens is 356 g/mol. The third-order valence-electron chi connectivity index (χ3n) is 3.31. The van der Waals surface area contributed by atoms with E-state index in [9.17, 15) is 10.2 Å². The van der Waals surface area contributed by atoms with Crippen molar-refractivity contribution >= 4 is 37.7 Å². The number of rotatable bonds is 0. The number of halogens is 1. The number of pyridine rings is 2. The van der Waals surface area contributed by atoms with E-state index in [4.69, 9.17) is 0 Å². The van der Waals surface area contributed by atoms with Gasteiger partial charge in [0.15, 0.2) is 0 Å². The summed E-state index contributed by atoms with van der Waals surface area (Å²) in [6.07, 6.45) is 3.33. The summed E-state index contributed by atoms with van der Waals surface area (Å²) in [4.78, 5) is 8.09. The molecule has 2 N–H and O–H groups in total. The van der Waals surface area contributed by atoms with Crippen LogP contribution in [0.25, 0.3) is 21.8 Å².